The van der Waals surface area contributed by atoms with Gasteiger partial charge in [-0.3, -0.25) is 0 Å². The van der Waals surface area contributed by atoms with Gasteiger partial charge in [-0.1, -0.05) is 25.4 Å². The maximum Gasteiger partial charge on any atom is 0.134 e. The molecule has 2 atom stereocenters. The second-order valence-corrected chi connectivity index (χ2v) is 5.33. The Labute approximate surface area is 102 Å². The van der Waals surface area contributed by atoms with Gasteiger partial charge in [-0.2, -0.15) is 0 Å². The van der Waals surface area contributed by atoms with Crippen molar-refractivity contribution in [2.24, 2.45) is 11.8 Å². The molecule has 1 aliphatic rings. The summed E-state index contributed by atoms with van der Waals surface area (Å²) in [7, 11) is 0. The highest BCUT2D eigenvalue weighted by Crippen LogP contribution is 2.26. The largest absolute Gasteiger partial charge is 0.356 e. The number of halogens is 1. The third-order valence-corrected chi connectivity index (χ3v) is 3.18. The van der Waals surface area contributed by atoms with Crippen LogP contribution in [0.25, 0.3) is 0 Å². The van der Waals surface area contributed by atoms with Crippen molar-refractivity contribution in [1.82, 2.24) is 9.97 Å². The van der Waals surface area contributed by atoms with Crippen LogP contribution in [0.2, 0.25) is 5.15 Å². The van der Waals surface area contributed by atoms with Crippen molar-refractivity contribution in [1.29, 1.82) is 0 Å². The summed E-state index contributed by atoms with van der Waals surface area (Å²) in [6.45, 7) is 8.59. The number of aryl methyl sites for hydroxylation is 1. The van der Waals surface area contributed by atoms with Gasteiger partial charge >= 0.3 is 0 Å². The fourth-order valence-electron chi connectivity index (χ4n) is 2.53. The molecular weight excluding hydrogens is 222 g/mol. The first kappa shape index (κ1) is 11.6. The lowest BCUT2D eigenvalue weighted by molar-refractivity contribution is 0.355. The van der Waals surface area contributed by atoms with Crippen LogP contribution in [-0.2, 0) is 0 Å². The molecule has 0 bridgehead atoms. The summed E-state index contributed by atoms with van der Waals surface area (Å²) < 4.78 is 0. The van der Waals surface area contributed by atoms with E-state index in [1.54, 1.807) is 0 Å². The van der Waals surface area contributed by atoms with Gasteiger partial charge in [-0.25, -0.2) is 9.97 Å². The van der Waals surface area contributed by atoms with Crippen LogP contribution in [0.5, 0.6) is 0 Å². The molecule has 2 rings (SSSR count). The van der Waals surface area contributed by atoms with Crippen molar-refractivity contribution < 1.29 is 0 Å². The van der Waals surface area contributed by atoms with Crippen molar-refractivity contribution in [3.05, 3.63) is 17.0 Å². The van der Waals surface area contributed by atoms with Gasteiger partial charge in [0, 0.05) is 19.2 Å². The van der Waals surface area contributed by atoms with Crippen LogP contribution in [0.15, 0.2) is 6.07 Å². The van der Waals surface area contributed by atoms with E-state index in [0.29, 0.717) is 5.15 Å². The highest BCUT2D eigenvalue weighted by atomic mass is 35.5. The molecule has 1 aromatic heterocycles. The topological polar surface area (TPSA) is 29.0 Å². The summed E-state index contributed by atoms with van der Waals surface area (Å²) in [5, 5.41) is 0.536. The number of rotatable bonds is 1. The van der Waals surface area contributed by atoms with E-state index in [4.69, 9.17) is 11.6 Å². The Morgan fingerprint density at radius 1 is 1.25 bits per heavy atom. The smallest absolute Gasteiger partial charge is 0.134 e. The van der Waals surface area contributed by atoms with Gasteiger partial charge in [0.1, 0.15) is 16.8 Å². The summed E-state index contributed by atoms with van der Waals surface area (Å²) in [6.07, 6.45) is 1.30. The highest BCUT2D eigenvalue weighted by Gasteiger charge is 2.23. The molecule has 2 unspecified atom stereocenters. The normalized spacial score (nSPS) is 25.9. The lowest BCUT2D eigenvalue weighted by Crippen LogP contribution is -2.39. The monoisotopic (exact) mass is 239 g/mol. The molecule has 0 radical (unpaired) electrons. The Morgan fingerprint density at radius 3 is 2.44 bits per heavy atom. The van der Waals surface area contributed by atoms with Crippen molar-refractivity contribution >= 4 is 17.4 Å². The Bertz CT molecular complexity index is 350. The van der Waals surface area contributed by atoms with Gasteiger partial charge in [0.05, 0.1) is 0 Å². The van der Waals surface area contributed by atoms with Crippen molar-refractivity contribution in [3.63, 3.8) is 0 Å². The number of hydrogen-bond donors (Lipinski definition) is 0. The molecule has 0 spiro atoms. The minimum atomic E-state index is 0.536. The van der Waals surface area contributed by atoms with Gasteiger partial charge in [0.25, 0.3) is 0 Å². The van der Waals surface area contributed by atoms with Gasteiger partial charge in [-0.15, -0.1) is 0 Å². The molecule has 1 fully saturated rings. The van der Waals surface area contributed by atoms with Gasteiger partial charge in [0.15, 0.2) is 0 Å². The summed E-state index contributed by atoms with van der Waals surface area (Å²) in [5.74, 6) is 3.15. The lowest BCUT2D eigenvalue weighted by Gasteiger charge is -2.35. The zero-order valence-electron chi connectivity index (χ0n) is 10.1. The maximum atomic E-state index is 5.96. The molecule has 3 nitrogen and oxygen atoms in total. The third-order valence-electron chi connectivity index (χ3n) is 2.99. The van der Waals surface area contributed by atoms with Crippen LogP contribution in [0.3, 0.4) is 0 Å². The minimum absolute atomic E-state index is 0.536. The fourth-order valence-corrected chi connectivity index (χ4v) is 2.75. The second-order valence-electron chi connectivity index (χ2n) is 4.95. The average molecular weight is 240 g/mol. The zero-order valence-corrected chi connectivity index (χ0v) is 10.8. The number of nitrogens with zero attached hydrogens (tertiary/aromatic N) is 3. The highest BCUT2D eigenvalue weighted by molar-refractivity contribution is 6.29. The average Bonchev–Trinajstić information content (AvgIpc) is 2.14. The number of anilines is 1. The second kappa shape index (κ2) is 4.58. The molecular formula is C12H18ClN3. The van der Waals surface area contributed by atoms with E-state index in [0.717, 1.165) is 36.6 Å². The maximum absolute atomic E-state index is 5.96. The predicted octanol–water partition coefficient (Wildman–Crippen LogP) is 2.92. The molecule has 1 aromatic rings. The van der Waals surface area contributed by atoms with Gasteiger partial charge in [-0.05, 0) is 25.2 Å². The van der Waals surface area contributed by atoms with E-state index in [1.807, 2.05) is 13.0 Å². The summed E-state index contributed by atoms with van der Waals surface area (Å²) in [4.78, 5) is 10.9. The fraction of sp³-hybridized carbons (Fsp3) is 0.667. The molecule has 0 N–H and O–H groups in total. The first-order chi connectivity index (χ1) is 7.54. The number of aromatic nitrogens is 2. The first-order valence-corrected chi connectivity index (χ1v) is 6.18. The first-order valence-electron chi connectivity index (χ1n) is 5.80. The molecule has 1 aliphatic heterocycles. The van der Waals surface area contributed by atoms with E-state index >= 15 is 0 Å². The van der Waals surface area contributed by atoms with E-state index in [1.165, 1.54) is 6.42 Å². The summed E-state index contributed by atoms with van der Waals surface area (Å²) in [6, 6.07) is 1.86. The van der Waals surface area contributed by atoms with Gasteiger partial charge < -0.3 is 4.90 Å². The van der Waals surface area contributed by atoms with Crippen molar-refractivity contribution in [3.8, 4) is 0 Å². The summed E-state index contributed by atoms with van der Waals surface area (Å²) >= 11 is 5.96. The molecule has 0 aromatic carbocycles. The van der Waals surface area contributed by atoms with Crippen LogP contribution in [0, 0.1) is 18.8 Å². The Hall–Kier alpha value is -0.830. The van der Waals surface area contributed by atoms with Crippen molar-refractivity contribution in [2.45, 2.75) is 27.2 Å². The molecule has 2 heterocycles. The standard InChI is InChI=1S/C12H18ClN3/c1-8-4-9(2)7-16(6-8)12-5-11(13)14-10(3)15-12/h5,8-9H,4,6-7H2,1-3H3. The predicted molar refractivity (Wildman–Crippen MR) is 66.9 cm³/mol. The van der Waals surface area contributed by atoms with Crippen LogP contribution < -0.4 is 4.90 Å². The minimum Gasteiger partial charge on any atom is -0.356 e. The van der Waals surface area contributed by atoms with Crippen LogP contribution in [0.1, 0.15) is 26.1 Å². The molecule has 4 heteroatoms. The van der Waals surface area contributed by atoms with E-state index in [-0.39, 0.29) is 0 Å². The van der Waals surface area contributed by atoms with Crippen molar-refractivity contribution in [2.75, 3.05) is 18.0 Å². The Morgan fingerprint density at radius 2 is 1.88 bits per heavy atom. The van der Waals surface area contributed by atoms with Crippen LogP contribution in [-0.4, -0.2) is 23.1 Å². The molecule has 16 heavy (non-hydrogen) atoms. The van der Waals surface area contributed by atoms with E-state index in [2.05, 4.69) is 28.7 Å². The van der Waals surface area contributed by atoms with Crippen LogP contribution >= 0.6 is 11.6 Å². The number of piperidine rings is 1. The Kier molecular flexibility index (Phi) is 3.33. The number of hydrogen-bond acceptors (Lipinski definition) is 3. The molecule has 0 saturated carbocycles. The summed E-state index contributed by atoms with van der Waals surface area (Å²) in [5.41, 5.74) is 0. The quantitative estimate of drug-likeness (QED) is 0.706. The molecule has 0 aliphatic carbocycles. The molecule has 1 saturated heterocycles. The Balaban J connectivity index is 2.22. The van der Waals surface area contributed by atoms with E-state index < -0.39 is 0 Å². The third kappa shape index (κ3) is 2.64. The lowest BCUT2D eigenvalue weighted by atomic mass is 9.92. The zero-order chi connectivity index (χ0) is 11.7. The van der Waals surface area contributed by atoms with Crippen LogP contribution in [0.4, 0.5) is 5.82 Å². The SMILES string of the molecule is Cc1nc(Cl)cc(N2CC(C)CC(C)C2)n1. The van der Waals surface area contributed by atoms with E-state index in [9.17, 15) is 0 Å². The molecule has 88 valence electrons. The van der Waals surface area contributed by atoms with Gasteiger partial charge in [0.2, 0.25) is 0 Å². The molecule has 0 amide bonds.